The Kier molecular flexibility index (Phi) is 5.46. The number of amides is 1. The molecule has 0 aliphatic rings. The minimum atomic E-state index is -2.54. The number of aliphatic hydroxyl groups is 1. The standard InChI is InChI=1S/C12H13F2NO4S/c1-12(19,10(17)18)6-15-9(16)7-2-4-8(5-3-7)20-11(13)14/h2-5,11,19H,6H2,1H3,(H,15,16)(H,17,18). The maximum atomic E-state index is 12.1. The average Bonchev–Trinajstić information content (AvgIpc) is 2.36. The molecular formula is C12H13F2NO4S. The Labute approximate surface area is 118 Å². The Bertz CT molecular complexity index is 491. The monoisotopic (exact) mass is 305 g/mol. The van der Waals surface area contributed by atoms with E-state index in [1.807, 2.05) is 0 Å². The van der Waals surface area contributed by atoms with Crippen LogP contribution in [0, 0.1) is 0 Å². The minimum absolute atomic E-state index is 0.185. The molecule has 0 aliphatic heterocycles. The summed E-state index contributed by atoms with van der Waals surface area (Å²) in [5.41, 5.74) is -1.88. The molecule has 1 unspecified atom stereocenters. The van der Waals surface area contributed by atoms with E-state index in [1.54, 1.807) is 0 Å². The average molecular weight is 305 g/mol. The quantitative estimate of drug-likeness (QED) is 0.694. The third-order valence-corrected chi connectivity index (χ3v) is 3.12. The van der Waals surface area contributed by atoms with Gasteiger partial charge in [-0.3, -0.25) is 4.79 Å². The van der Waals surface area contributed by atoms with E-state index in [-0.39, 0.29) is 5.56 Å². The molecule has 0 radical (unpaired) electrons. The van der Waals surface area contributed by atoms with Crippen LogP contribution in [-0.2, 0) is 4.79 Å². The second-order valence-corrected chi connectivity index (χ2v) is 5.23. The zero-order chi connectivity index (χ0) is 15.3. The minimum Gasteiger partial charge on any atom is -0.479 e. The van der Waals surface area contributed by atoms with Gasteiger partial charge in [0.1, 0.15) is 0 Å². The maximum Gasteiger partial charge on any atom is 0.337 e. The summed E-state index contributed by atoms with van der Waals surface area (Å²) in [5.74, 6) is -4.60. The molecule has 20 heavy (non-hydrogen) atoms. The van der Waals surface area contributed by atoms with Crippen LogP contribution in [0.15, 0.2) is 29.2 Å². The number of carboxylic acids is 1. The second-order valence-electron chi connectivity index (χ2n) is 4.16. The molecule has 0 fully saturated rings. The molecule has 0 saturated carbocycles. The van der Waals surface area contributed by atoms with Crippen molar-refractivity contribution in [3.05, 3.63) is 29.8 Å². The van der Waals surface area contributed by atoms with E-state index in [0.29, 0.717) is 16.7 Å². The van der Waals surface area contributed by atoms with Crippen molar-refractivity contribution in [3.63, 3.8) is 0 Å². The number of halogens is 2. The van der Waals surface area contributed by atoms with Gasteiger partial charge in [-0.2, -0.15) is 8.78 Å². The highest BCUT2D eigenvalue weighted by Gasteiger charge is 2.30. The van der Waals surface area contributed by atoms with Gasteiger partial charge in [0.05, 0.1) is 6.54 Å². The fraction of sp³-hybridized carbons (Fsp3) is 0.333. The molecule has 5 nitrogen and oxygen atoms in total. The lowest BCUT2D eigenvalue weighted by molar-refractivity contribution is -0.155. The predicted molar refractivity (Wildman–Crippen MR) is 68.9 cm³/mol. The number of carbonyl (C=O) groups is 2. The van der Waals surface area contributed by atoms with Gasteiger partial charge >= 0.3 is 5.97 Å². The SMILES string of the molecule is CC(O)(CNC(=O)c1ccc(SC(F)F)cc1)C(=O)O. The number of aliphatic carboxylic acids is 1. The summed E-state index contributed by atoms with van der Waals surface area (Å²) >= 11 is 0.358. The van der Waals surface area contributed by atoms with E-state index in [1.165, 1.54) is 24.3 Å². The van der Waals surface area contributed by atoms with Crippen molar-refractivity contribution >= 4 is 23.6 Å². The van der Waals surface area contributed by atoms with Crippen molar-refractivity contribution < 1.29 is 28.6 Å². The Hall–Kier alpha value is -1.67. The van der Waals surface area contributed by atoms with E-state index in [2.05, 4.69) is 5.32 Å². The molecule has 0 heterocycles. The van der Waals surface area contributed by atoms with Crippen LogP contribution < -0.4 is 5.32 Å². The zero-order valence-corrected chi connectivity index (χ0v) is 11.3. The Morgan fingerprint density at radius 3 is 2.35 bits per heavy atom. The fourth-order valence-electron chi connectivity index (χ4n) is 1.22. The zero-order valence-electron chi connectivity index (χ0n) is 10.5. The molecule has 0 bridgehead atoms. The molecule has 1 rings (SSSR count). The molecule has 0 saturated heterocycles. The Morgan fingerprint density at radius 2 is 1.90 bits per heavy atom. The first kappa shape index (κ1) is 16.4. The van der Waals surface area contributed by atoms with Gasteiger partial charge < -0.3 is 15.5 Å². The van der Waals surface area contributed by atoms with Crippen LogP contribution in [0.3, 0.4) is 0 Å². The van der Waals surface area contributed by atoms with Crippen LogP contribution >= 0.6 is 11.8 Å². The van der Waals surface area contributed by atoms with Crippen molar-refractivity contribution in [2.24, 2.45) is 0 Å². The van der Waals surface area contributed by atoms with Crippen LogP contribution in [0.1, 0.15) is 17.3 Å². The van der Waals surface area contributed by atoms with E-state index in [0.717, 1.165) is 6.92 Å². The van der Waals surface area contributed by atoms with Gasteiger partial charge in [0, 0.05) is 10.5 Å². The lowest BCUT2D eigenvalue weighted by Gasteiger charge is -2.18. The molecule has 0 aliphatic carbocycles. The third-order valence-electron chi connectivity index (χ3n) is 2.40. The molecule has 0 spiro atoms. The summed E-state index contributed by atoms with van der Waals surface area (Å²) in [6.45, 7) is 0.590. The summed E-state index contributed by atoms with van der Waals surface area (Å²) in [6.07, 6.45) is 0. The predicted octanol–water partition coefficient (Wildman–Crippen LogP) is 1.57. The van der Waals surface area contributed by atoms with Crippen LogP contribution in [0.25, 0.3) is 0 Å². The molecular weight excluding hydrogens is 292 g/mol. The number of thioether (sulfide) groups is 1. The number of carbonyl (C=O) groups excluding carboxylic acids is 1. The van der Waals surface area contributed by atoms with Crippen LogP contribution in [0.2, 0.25) is 0 Å². The Balaban J connectivity index is 2.62. The topological polar surface area (TPSA) is 86.6 Å². The summed E-state index contributed by atoms with van der Waals surface area (Å²) in [7, 11) is 0. The van der Waals surface area contributed by atoms with Gasteiger partial charge in [0.15, 0.2) is 5.60 Å². The molecule has 1 aromatic carbocycles. The number of nitrogens with one attached hydrogen (secondary N) is 1. The van der Waals surface area contributed by atoms with Crippen molar-refractivity contribution in [2.75, 3.05) is 6.54 Å². The molecule has 1 amide bonds. The van der Waals surface area contributed by atoms with Crippen LogP contribution in [0.4, 0.5) is 8.78 Å². The van der Waals surface area contributed by atoms with Crippen molar-refractivity contribution in [1.29, 1.82) is 0 Å². The van der Waals surface area contributed by atoms with Gasteiger partial charge in [-0.25, -0.2) is 4.79 Å². The summed E-state index contributed by atoms with van der Waals surface area (Å²) in [5, 5.41) is 20.4. The first-order valence-corrected chi connectivity index (χ1v) is 6.39. The van der Waals surface area contributed by atoms with Gasteiger partial charge in [-0.05, 0) is 31.2 Å². The van der Waals surface area contributed by atoms with Crippen LogP contribution in [0.5, 0.6) is 0 Å². The summed E-state index contributed by atoms with van der Waals surface area (Å²) in [4.78, 5) is 22.6. The summed E-state index contributed by atoms with van der Waals surface area (Å²) in [6, 6.07) is 5.41. The lowest BCUT2D eigenvalue weighted by Crippen LogP contribution is -2.46. The van der Waals surface area contributed by atoms with E-state index < -0.39 is 29.8 Å². The molecule has 8 heteroatoms. The number of rotatable bonds is 6. The van der Waals surface area contributed by atoms with E-state index in [9.17, 15) is 23.5 Å². The fourth-order valence-corrected chi connectivity index (χ4v) is 1.72. The van der Waals surface area contributed by atoms with E-state index >= 15 is 0 Å². The number of hydrogen-bond acceptors (Lipinski definition) is 4. The third kappa shape index (κ3) is 4.78. The van der Waals surface area contributed by atoms with Crippen molar-refractivity contribution in [2.45, 2.75) is 23.2 Å². The molecule has 1 aromatic rings. The van der Waals surface area contributed by atoms with E-state index in [4.69, 9.17) is 5.11 Å². The normalized spacial score (nSPS) is 13.8. The highest BCUT2D eigenvalue weighted by molar-refractivity contribution is 7.99. The van der Waals surface area contributed by atoms with Gasteiger partial charge in [-0.1, -0.05) is 11.8 Å². The smallest absolute Gasteiger partial charge is 0.337 e. The van der Waals surface area contributed by atoms with Gasteiger partial charge in [0.25, 0.3) is 11.7 Å². The Morgan fingerprint density at radius 1 is 1.35 bits per heavy atom. The second kappa shape index (κ2) is 6.67. The largest absolute Gasteiger partial charge is 0.479 e. The first-order valence-electron chi connectivity index (χ1n) is 5.51. The van der Waals surface area contributed by atoms with Gasteiger partial charge in [-0.15, -0.1) is 0 Å². The molecule has 0 aromatic heterocycles. The highest BCUT2D eigenvalue weighted by atomic mass is 32.2. The van der Waals surface area contributed by atoms with Crippen LogP contribution in [-0.4, -0.2) is 40.0 Å². The highest BCUT2D eigenvalue weighted by Crippen LogP contribution is 2.25. The lowest BCUT2D eigenvalue weighted by atomic mass is 10.1. The molecule has 3 N–H and O–H groups in total. The number of hydrogen-bond donors (Lipinski definition) is 3. The molecule has 110 valence electrons. The summed E-state index contributed by atoms with van der Waals surface area (Å²) < 4.78 is 24.2. The number of benzene rings is 1. The van der Waals surface area contributed by atoms with Crippen molar-refractivity contribution in [1.82, 2.24) is 5.32 Å². The van der Waals surface area contributed by atoms with Gasteiger partial charge in [0.2, 0.25) is 0 Å². The number of carboxylic acid groups (broad SMARTS) is 1. The molecule has 1 atom stereocenters. The number of alkyl halides is 2. The maximum absolute atomic E-state index is 12.1. The first-order chi connectivity index (χ1) is 9.22. The van der Waals surface area contributed by atoms with Crippen molar-refractivity contribution in [3.8, 4) is 0 Å².